The lowest BCUT2D eigenvalue weighted by Gasteiger charge is -2.24. The molecule has 1 atom stereocenters. The van der Waals surface area contributed by atoms with Gasteiger partial charge in [0.2, 0.25) is 0 Å². The van der Waals surface area contributed by atoms with E-state index in [0.717, 1.165) is 0 Å². The zero-order valence-electron chi connectivity index (χ0n) is 9.50. The quantitative estimate of drug-likeness (QED) is 0.846. The Kier molecular flexibility index (Phi) is 4.53. The minimum atomic E-state index is -0.271. The van der Waals surface area contributed by atoms with Gasteiger partial charge in [-0.2, -0.15) is 0 Å². The van der Waals surface area contributed by atoms with Crippen LogP contribution in [0.25, 0.3) is 0 Å². The zero-order valence-corrected chi connectivity index (χ0v) is 10.3. The summed E-state index contributed by atoms with van der Waals surface area (Å²) in [5, 5.41) is 0.519. The van der Waals surface area contributed by atoms with E-state index < -0.39 is 0 Å². The Morgan fingerprint density at radius 3 is 2.69 bits per heavy atom. The molecule has 0 aliphatic carbocycles. The fourth-order valence-electron chi connectivity index (χ4n) is 1.45. The number of anilines is 1. The van der Waals surface area contributed by atoms with Crippen molar-refractivity contribution in [1.82, 2.24) is 0 Å². The number of aryl methyl sites for hydroxylation is 1. The summed E-state index contributed by atoms with van der Waals surface area (Å²) in [6.45, 7) is 2.60. The van der Waals surface area contributed by atoms with Crippen LogP contribution in [0.2, 0.25) is 5.02 Å². The molecule has 0 heterocycles. The van der Waals surface area contributed by atoms with Crippen LogP contribution in [0.4, 0.5) is 10.1 Å². The molecule has 90 valence electrons. The maximum Gasteiger partial charge on any atom is 0.128 e. The number of hydrogen-bond acceptors (Lipinski definition) is 3. The molecule has 1 aromatic rings. The van der Waals surface area contributed by atoms with E-state index in [-0.39, 0.29) is 11.9 Å². The number of rotatable bonds is 4. The van der Waals surface area contributed by atoms with E-state index in [2.05, 4.69) is 0 Å². The summed E-state index contributed by atoms with van der Waals surface area (Å²) in [5.74, 6) is -0.271. The van der Waals surface area contributed by atoms with Gasteiger partial charge in [0.25, 0.3) is 0 Å². The van der Waals surface area contributed by atoms with Crippen LogP contribution in [0.15, 0.2) is 12.1 Å². The fraction of sp³-hybridized carbons (Fsp3) is 0.455. The summed E-state index contributed by atoms with van der Waals surface area (Å²) >= 11 is 6.04. The third kappa shape index (κ3) is 3.07. The Bertz CT molecular complexity index is 370. The molecule has 5 heteroatoms. The fourth-order valence-corrected chi connectivity index (χ4v) is 1.82. The normalized spacial score (nSPS) is 12.6. The standard InChI is InChI=1S/C11H17ClFN3/c1-7-3-9(12)11(4-10(7)13)16(2)6-8(15)5-14/h3-4,8H,5-6,14-15H2,1-2H3. The molecule has 1 unspecified atom stereocenters. The molecule has 0 aliphatic rings. The number of hydrogen-bond donors (Lipinski definition) is 2. The average molecular weight is 246 g/mol. The Morgan fingerprint density at radius 2 is 2.12 bits per heavy atom. The Hall–Kier alpha value is -0.840. The third-order valence-electron chi connectivity index (χ3n) is 2.45. The van der Waals surface area contributed by atoms with Crippen molar-refractivity contribution in [2.24, 2.45) is 11.5 Å². The Labute approximate surface area is 100 Å². The highest BCUT2D eigenvalue weighted by Crippen LogP contribution is 2.27. The number of nitrogens with zero attached hydrogens (tertiary/aromatic N) is 1. The predicted octanol–water partition coefficient (Wildman–Crippen LogP) is 1.51. The van der Waals surface area contributed by atoms with Crippen molar-refractivity contribution in [2.75, 3.05) is 25.0 Å². The summed E-state index contributed by atoms with van der Waals surface area (Å²) in [5.41, 5.74) is 12.3. The predicted molar refractivity (Wildman–Crippen MR) is 66.4 cm³/mol. The van der Waals surface area contributed by atoms with E-state index in [4.69, 9.17) is 23.1 Å². The first kappa shape index (κ1) is 13.2. The van der Waals surface area contributed by atoms with Gasteiger partial charge in [-0.15, -0.1) is 0 Å². The number of likely N-dealkylation sites (N-methyl/N-ethyl adjacent to an activating group) is 1. The van der Waals surface area contributed by atoms with E-state index in [9.17, 15) is 4.39 Å². The van der Waals surface area contributed by atoms with Crippen molar-refractivity contribution in [3.8, 4) is 0 Å². The monoisotopic (exact) mass is 245 g/mol. The SMILES string of the molecule is Cc1cc(Cl)c(N(C)CC(N)CN)cc1F. The molecule has 0 radical (unpaired) electrons. The second-order valence-corrected chi connectivity index (χ2v) is 4.34. The van der Waals surface area contributed by atoms with Gasteiger partial charge in [-0.3, -0.25) is 0 Å². The van der Waals surface area contributed by atoms with E-state index in [0.29, 0.717) is 29.4 Å². The molecule has 0 saturated heterocycles. The van der Waals surface area contributed by atoms with Crippen LogP contribution in [-0.4, -0.2) is 26.2 Å². The van der Waals surface area contributed by atoms with E-state index >= 15 is 0 Å². The van der Waals surface area contributed by atoms with Crippen molar-refractivity contribution in [2.45, 2.75) is 13.0 Å². The zero-order chi connectivity index (χ0) is 12.3. The minimum Gasteiger partial charge on any atom is -0.372 e. The molecular weight excluding hydrogens is 229 g/mol. The molecule has 0 amide bonds. The van der Waals surface area contributed by atoms with E-state index in [1.807, 2.05) is 11.9 Å². The van der Waals surface area contributed by atoms with Crippen LogP contribution in [-0.2, 0) is 0 Å². The molecule has 1 aromatic carbocycles. The maximum atomic E-state index is 13.4. The summed E-state index contributed by atoms with van der Waals surface area (Å²) in [4.78, 5) is 1.81. The summed E-state index contributed by atoms with van der Waals surface area (Å²) in [6.07, 6.45) is 0. The molecule has 0 aromatic heterocycles. The van der Waals surface area contributed by atoms with Gasteiger partial charge >= 0.3 is 0 Å². The van der Waals surface area contributed by atoms with E-state index in [1.165, 1.54) is 6.07 Å². The molecule has 16 heavy (non-hydrogen) atoms. The number of benzene rings is 1. The van der Waals surface area contributed by atoms with Gasteiger partial charge in [-0.25, -0.2) is 4.39 Å². The molecule has 0 aliphatic heterocycles. The van der Waals surface area contributed by atoms with Gasteiger partial charge in [0.1, 0.15) is 5.82 Å². The first-order valence-electron chi connectivity index (χ1n) is 5.08. The lowest BCUT2D eigenvalue weighted by molar-refractivity contribution is 0.616. The van der Waals surface area contributed by atoms with Crippen LogP contribution in [0.3, 0.4) is 0 Å². The van der Waals surface area contributed by atoms with Gasteiger partial charge in [0.15, 0.2) is 0 Å². The topological polar surface area (TPSA) is 55.3 Å². The van der Waals surface area contributed by atoms with Crippen LogP contribution in [0.5, 0.6) is 0 Å². The third-order valence-corrected chi connectivity index (χ3v) is 2.75. The van der Waals surface area contributed by atoms with Crippen molar-refractivity contribution in [3.63, 3.8) is 0 Å². The van der Waals surface area contributed by atoms with Crippen molar-refractivity contribution < 1.29 is 4.39 Å². The van der Waals surface area contributed by atoms with Gasteiger partial charge in [-0.1, -0.05) is 11.6 Å². The summed E-state index contributed by atoms with van der Waals surface area (Å²) < 4.78 is 13.4. The molecule has 0 saturated carbocycles. The molecule has 3 nitrogen and oxygen atoms in total. The second kappa shape index (κ2) is 5.48. The van der Waals surface area contributed by atoms with Crippen LogP contribution in [0.1, 0.15) is 5.56 Å². The number of nitrogens with two attached hydrogens (primary N) is 2. The first-order chi connectivity index (χ1) is 7.45. The van der Waals surface area contributed by atoms with Gasteiger partial charge in [0, 0.05) is 26.2 Å². The molecule has 1 rings (SSSR count). The Morgan fingerprint density at radius 1 is 1.50 bits per heavy atom. The van der Waals surface area contributed by atoms with Crippen LogP contribution >= 0.6 is 11.6 Å². The molecule has 0 bridgehead atoms. The van der Waals surface area contributed by atoms with Crippen LogP contribution < -0.4 is 16.4 Å². The van der Waals surface area contributed by atoms with Gasteiger partial charge in [-0.05, 0) is 24.6 Å². The van der Waals surface area contributed by atoms with Gasteiger partial charge in [0.05, 0.1) is 10.7 Å². The minimum absolute atomic E-state index is 0.148. The lowest BCUT2D eigenvalue weighted by Crippen LogP contribution is -2.40. The highest BCUT2D eigenvalue weighted by molar-refractivity contribution is 6.33. The second-order valence-electron chi connectivity index (χ2n) is 3.93. The van der Waals surface area contributed by atoms with Crippen LogP contribution in [0, 0.1) is 12.7 Å². The molecule has 4 N–H and O–H groups in total. The maximum absolute atomic E-state index is 13.4. The molecule has 0 spiro atoms. The smallest absolute Gasteiger partial charge is 0.128 e. The summed E-state index contributed by atoms with van der Waals surface area (Å²) in [7, 11) is 1.81. The molecular formula is C11H17ClFN3. The van der Waals surface area contributed by atoms with Gasteiger partial charge < -0.3 is 16.4 Å². The highest BCUT2D eigenvalue weighted by Gasteiger charge is 2.12. The lowest BCUT2D eigenvalue weighted by atomic mass is 10.2. The Balaban J connectivity index is 2.91. The van der Waals surface area contributed by atoms with Crippen molar-refractivity contribution in [3.05, 3.63) is 28.5 Å². The van der Waals surface area contributed by atoms with Crippen molar-refractivity contribution >= 4 is 17.3 Å². The highest BCUT2D eigenvalue weighted by atomic mass is 35.5. The van der Waals surface area contributed by atoms with Crippen molar-refractivity contribution in [1.29, 1.82) is 0 Å². The largest absolute Gasteiger partial charge is 0.372 e. The molecule has 0 fully saturated rings. The average Bonchev–Trinajstić information content (AvgIpc) is 2.23. The first-order valence-corrected chi connectivity index (χ1v) is 5.46. The summed E-state index contributed by atoms with van der Waals surface area (Å²) in [6, 6.07) is 2.88. The number of halogens is 2. The van der Waals surface area contributed by atoms with E-state index in [1.54, 1.807) is 13.0 Å².